The Morgan fingerprint density at radius 2 is 1.82 bits per heavy atom. The van der Waals surface area contributed by atoms with Gasteiger partial charge in [0.05, 0.1) is 11.8 Å². The van der Waals surface area contributed by atoms with Gasteiger partial charge in [-0.1, -0.05) is 17.7 Å². The van der Waals surface area contributed by atoms with E-state index in [0.717, 1.165) is 5.69 Å². The van der Waals surface area contributed by atoms with E-state index in [1.165, 1.54) is 0 Å². The van der Waals surface area contributed by atoms with Gasteiger partial charge in [0.2, 0.25) is 11.8 Å². The van der Waals surface area contributed by atoms with Crippen LogP contribution in [0.15, 0.2) is 24.3 Å². The van der Waals surface area contributed by atoms with Gasteiger partial charge in [0.15, 0.2) is 0 Å². The fourth-order valence-corrected chi connectivity index (χ4v) is 2.71. The molecule has 0 aromatic heterocycles. The number of nitrogens with zero attached hydrogens (tertiary/aromatic N) is 1. The quantitative estimate of drug-likeness (QED) is 0.758. The van der Waals surface area contributed by atoms with Crippen molar-refractivity contribution in [3.63, 3.8) is 0 Å². The van der Waals surface area contributed by atoms with E-state index in [4.69, 9.17) is 11.6 Å². The largest absolute Gasteiger partial charge is 0.370 e. The molecule has 17 heavy (non-hydrogen) atoms. The van der Waals surface area contributed by atoms with Crippen LogP contribution in [0.3, 0.4) is 0 Å². The van der Waals surface area contributed by atoms with Crippen LogP contribution < -0.4 is 10.2 Å². The van der Waals surface area contributed by atoms with Crippen molar-refractivity contribution in [3.8, 4) is 0 Å². The molecule has 1 aromatic rings. The van der Waals surface area contributed by atoms with Gasteiger partial charge in [0.1, 0.15) is 0 Å². The van der Waals surface area contributed by atoms with Crippen LogP contribution in [0, 0.1) is 11.8 Å². The van der Waals surface area contributed by atoms with Crippen LogP contribution in [-0.2, 0) is 9.59 Å². The van der Waals surface area contributed by atoms with Crippen molar-refractivity contribution < 1.29 is 9.59 Å². The van der Waals surface area contributed by atoms with Gasteiger partial charge < -0.3 is 4.90 Å². The molecular weight excluding hydrogens is 240 g/mol. The van der Waals surface area contributed by atoms with E-state index < -0.39 is 0 Å². The van der Waals surface area contributed by atoms with Gasteiger partial charge in [0.25, 0.3) is 0 Å². The van der Waals surface area contributed by atoms with E-state index in [1.807, 2.05) is 23.1 Å². The Kier molecular flexibility index (Phi) is 2.33. The first-order valence-corrected chi connectivity index (χ1v) is 5.88. The lowest BCUT2D eigenvalue weighted by Gasteiger charge is -2.19. The molecule has 0 bridgehead atoms. The molecule has 4 nitrogen and oxygen atoms in total. The first kappa shape index (κ1) is 10.6. The monoisotopic (exact) mass is 250 g/mol. The average molecular weight is 251 g/mol. The van der Waals surface area contributed by atoms with E-state index in [1.54, 1.807) is 6.07 Å². The highest BCUT2D eigenvalue weighted by atomic mass is 35.5. The highest BCUT2D eigenvalue weighted by Crippen LogP contribution is 2.32. The van der Waals surface area contributed by atoms with Crippen molar-refractivity contribution in [3.05, 3.63) is 29.3 Å². The minimum atomic E-state index is -0.207. The van der Waals surface area contributed by atoms with Crippen LogP contribution in [0.5, 0.6) is 0 Å². The molecule has 0 radical (unpaired) electrons. The summed E-state index contributed by atoms with van der Waals surface area (Å²) < 4.78 is 0. The molecular formula is C12H11ClN2O2. The molecule has 1 aromatic carbocycles. The molecule has 2 heterocycles. The summed E-state index contributed by atoms with van der Waals surface area (Å²) in [7, 11) is 0. The van der Waals surface area contributed by atoms with Crippen LogP contribution in [-0.4, -0.2) is 24.9 Å². The molecule has 88 valence electrons. The fraction of sp³-hybridized carbons (Fsp3) is 0.333. The number of fused-ring (bicyclic) bond motifs is 1. The molecule has 2 aliphatic heterocycles. The Labute approximate surface area is 104 Å². The SMILES string of the molecule is O=C1NC(=O)[C@@H]2CN(c3cccc(Cl)c3)C[C@H]12. The third-order valence-corrected chi connectivity index (χ3v) is 3.65. The van der Waals surface area contributed by atoms with Crippen molar-refractivity contribution >= 4 is 29.1 Å². The topological polar surface area (TPSA) is 49.4 Å². The summed E-state index contributed by atoms with van der Waals surface area (Å²) in [4.78, 5) is 25.1. The van der Waals surface area contributed by atoms with Crippen molar-refractivity contribution in [2.75, 3.05) is 18.0 Å². The molecule has 1 N–H and O–H groups in total. The van der Waals surface area contributed by atoms with Crippen molar-refractivity contribution in [1.29, 1.82) is 0 Å². The minimum absolute atomic E-state index is 0.149. The van der Waals surface area contributed by atoms with E-state index in [2.05, 4.69) is 5.32 Å². The lowest BCUT2D eigenvalue weighted by molar-refractivity contribution is -0.126. The van der Waals surface area contributed by atoms with Crippen LogP contribution in [0.2, 0.25) is 5.02 Å². The number of amides is 2. The van der Waals surface area contributed by atoms with Gasteiger partial charge in [0, 0.05) is 23.8 Å². The summed E-state index contributed by atoms with van der Waals surface area (Å²) in [6.07, 6.45) is 0. The van der Waals surface area contributed by atoms with E-state index >= 15 is 0 Å². The molecule has 0 spiro atoms. The standard InChI is InChI=1S/C12H11ClN2O2/c13-7-2-1-3-8(4-7)15-5-9-10(6-15)12(17)14-11(9)16/h1-4,9-10H,5-6H2,(H,14,16,17)/t9-,10+. The molecule has 2 atom stereocenters. The maximum atomic E-state index is 11.5. The Morgan fingerprint density at radius 1 is 1.18 bits per heavy atom. The number of hydrogen-bond acceptors (Lipinski definition) is 3. The second-order valence-corrected chi connectivity index (χ2v) is 4.89. The van der Waals surface area contributed by atoms with Gasteiger partial charge >= 0.3 is 0 Å². The summed E-state index contributed by atoms with van der Waals surface area (Å²) in [6, 6.07) is 7.47. The maximum absolute atomic E-state index is 11.5. The number of carbonyl (C=O) groups excluding carboxylic acids is 2. The molecule has 2 aliphatic rings. The number of benzene rings is 1. The highest BCUT2D eigenvalue weighted by Gasteiger charge is 2.47. The third-order valence-electron chi connectivity index (χ3n) is 3.41. The second-order valence-electron chi connectivity index (χ2n) is 4.45. The van der Waals surface area contributed by atoms with E-state index in [-0.39, 0.29) is 23.7 Å². The molecule has 2 fully saturated rings. The van der Waals surface area contributed by atoms with Crippen molar-refractivity contribution in [2.45, 2.75) is 0 Å². The maximum Gasteiger partial charge on any atom is 0.232 e. The first-order chi connectivity index (χ1) is 8.15. The Balaban J connectivity index is 1.85. The lowest BCUT2D eigenvalue weighted by Crippen LogP contribution is -2.31. The van der Waals surface area contributed by atoms with Gasteiger partial charge in [-0.3, -0.25) is 14.9 Å². The predicted octanol–water partition coefficient (Wildman–Crippen LogP) is 1.05. The number of carbonyl (C=O) groups is 2. The molecule has 2 amide bonds. The van der Waals surface area contributed by atoms with Gasteiger partial charge in [-0.05, 0) is 18.2 Å². The zero-order valence-electron chi connectivity index (χ0n) is 9.02. The zero-order valence-corrected chi connectivity index (χ0v) is 9.78. The molecule has 0 unspecified atom stereocenters. The van der Waals surface area contributed by atoms with Crippen LogP contribution in [0.25, 0.3) is 0 Å². The lowest BCUT2D eigenvalue weighted by atomic mass is 10.00. The number of halogens is 1. The average Bonchev–Trinajstić information content (AvgIpc) is 2.82. The minimum Gasteiger partial charge on any atom is -0.370 e. The number of anilines is 1. The molecule has 2 saturated heterocycles. The number of nitrogens with one attached hydrogen (secondary N) is 1. The van der Waals surface area contributed by atoms with Crippen molar-refractivity contribution in [1.82, 2.24) is 5.32 Å². The number of rotatable bonds is 1. The highest BCUT2D eigenvalue weighted by molar-refractivity contribution is 6.30. The van der Waals surface area contributed by atoms with Crippen LogP contribution in [0.4, 0.5) is 5.69 Å². The number of hydrogen-bond donors (Lipinski definition) is 1. The summed E-state index contributed by atoms with van der Waals surface area (Å²) in [5.41, 5.74) is 0.965. The van der Waals surface area contributed by atoms with E-state index in [9.17, 15) is 9.59 Å². The Bertz CT molecular complexity index is 481. The second kappa shape index (κ2) is 3.74. The van der Waals surface area contributed by atoms with Crippen LogP contribution in [0.1, 0.15) is 0 Å². The molecule has 5 heteroatoms. The first-order valence-electron chi connectivity index (χ1n) is 5.50. The predicted molar refractivity (Wildman–Crippen MR) is 63.8 cm³/mol. The summed E-state index contributed by atoms with van der Waals surface area (Å²) in [5, 5.41) is 3.03. The normalized spacial score (nSPS) is 27.2. The number of imide groups is 1. The van der Waals surface area contributed by atoms with Gasteiger partial charge in [-0.25, -0.2) is 0 Å². The van der Waals surface area contributed by atoms with Gasteiger partial charge in [-0.2, -0.15) is 0 Å². The fourth-order valence-electron chi connectivity index (χ4n) is 2.53. The van der Waals surface area contributed by atoms with E-state index in [0.29, 0.717) is 18.1 Å². The zero-order chi connectivity index (χ0) is 12.0. The Morgan fingerprint density at radius 3 is 2.41 bits per heavy atom. The Hall–Kier alpha value is -1.55. The third kappa shape index (κ3) is 1.69. The van der Waals surface area contributed by atoms with Gasteiger partial charge in [-0.15, -0.1) is 0 Å². The summed E-state index contributed by atoms with van der Waals surface area (Å²) in [5.74, 6) is -0.711. The van der Waals surface area contributed by atoms with Crippen molar-refractivity contribution in [2.24, 2.45) is 11.8 Å². The molecule has 3 rings (SSSR count). The van der Waals surface area contributed by atoms with Crippen LogP contribution >= 0.6 is 11.6 Å². The molecule has 0 saturated carbocycles. The summed E-state index contributed by atoms with van der Waals surface area (Å²) in [6.45, 7) is 1.17. The summed E-state index contributed by atoms with van der Waals surface area (Å²) >= 11 is 5.93. The molecule has 0 aliphatic carbocycles. The smallest absolute Gasteiger partial charge is 0.232 e.